The van der Waals surface area contributed by atoms with Gasteiger partial charge >= 0.3 is 0 Å². The molecule has 0 fully saturated rings. The Bertz CT molecular complexity index is 682. The SMILES string of the molecule is O=c1[nH]ncc2[nH]c(-c3ccccc3)cc12. The molecule has 0 saturated carbocycles. The maximum Gasteiger partial charge on any atom is 0.273 e. The lowest BCUT2D eigenvalue weighted by molar-refractivity contribution is 1.01. The topological polar surface area (TPSA) is 61.5 Å². The average Bonchev–Trinajstić information content (AvgIpc) is 2.76. The first-order valence-corrected chi connectivity index (χ1v) is 4.96. The van der Waals surface area contributed by atoms with Crippen molar-refractivity contribution >= 4 is 10.9 Å². The molecule has 2 N–H and O–H groups in total. The lowest BCUT2D eigenvalue weighted by Gasteiger charge is -1.94. The molecule has 0 unspecified atom stereocenters. The molecular weight excluding hydrogens is 202 g/mol. The third-order valence-electron chi connectivity index (χ3n) is 2.54. The van der Waals surface area contributed by atoms with Crippen LogP contribution in [0.4, 0.5) is 0 Å². The summed E-state index contributed by atoms with van der Waals surface area (Å²) in [6.45, 7) is 0. The number of aromatic amines is 2. The van der Waals surface area contributed by atoms with Gasteiger partial charge in [0.2, 0.25) is 0 Å². The summed E-state index contributed by atoms with van der Waals surface area (Å²) in [5.74, 6) is 0. The van der Waals surface area contributed by atoms with Crippen molar-refractivity contribution in [2.45, 2.75) is 0 Å². The summed E-state index contributed by atoms with van der Waals surface area (Å²) in [6.07, 6.45) is 1.61. The summed E-state index contributed by atoms with van der Waals surface area (Å²) in [7, 11) is 0. The molecule has 0 amide bonds. The van der Waals surface area contributed by atoms with Gasteiger partial charge in [-0.15, -0.1) is 0 Å². The van der Waals surface area contributed by atoms with E-state index in [1.54, 1.807) is 6.20 Å². The van der Waals surface area contributed by atoms with E-state index in [0.717, 1.165) is 16.8 Å². The molecule has 2 aromatic heterocycles. The molecule has 0 aliphatic heterocycles. The Kier molecular flexibility index (Phi) is 1.86. The Labute approximate surface area is 90.9 Å². The number of fused-ring (bicyclic) bond motifs is 1. The standard InChI is InChI=1S/C12H9N3O/c16-12-9-6-10(8-4-2-1-3-5-8)14-11(9)7-13-15-12/h1-7,14H,(H,15,16). The van der Waals surface area contributed by atoms with Crippen LogP contribution in [0.5, 0.6) is 0 Å². The molecule has 2 heterocycles. The molecule has 0 aliphatic carbocycles. The second-order valence-electron chi connectivity index (χ2n) is 3.58. The lowest BCUT2D eigenvalue weighted by Crippen LogP contribution is -2.05. The van der Waals surface area contributed by atoms with Crippen LogP contribution in [-0.4, -0.2) is 15.2 Å². The predicted octanol–water partition coefficient (Wildman–Crippen LogP) is 1.92. The van der Waals surface area contributed by atoms with Crippen molar-refractivity contribution in [2.24, 2.45) is 0 Å². The molecule has 0 radical (unpaired) electrons. The highest BCUT2D eigenvalue weighted by Gasteiger charge is 2.05. The van der Waals surface area contributed by atoms with Crippen LogP contribution in [0.25, 0.3) is 22.2 Å². The number of nitrogens with one attached hydrogen (secondary N) is 2. The molecule has 4 nitrogen and oxygen atoms in total. The Morgan fingerprint density at radius 2 is 1.94 bits per heavy atom. The summed E-state index contributed by atoms with van der Waals surface area (Å²) >= 11 is 0. The van der Waals surface area contributed by atoms with E-state index in [1.165, 1.54) is 0 Å². The normalized spacial score (nSPS) is 10.8. The lowest BCUT2D eigenvalue weighted by atomic mass is 10.1. The molecule has 0 atom stereocenters. The molecule has 0 saturated heterocycles. The van der Waals surface area contributed by atoms with Crippen molar-refractivity contribution in [1.82, 2.24) is 15.2 Å². The van der Waals surface area contributed by atoms with E-state index >= 15 is 0 Å². The highest BCUT2D eigenvalue weighted by atomic mass is 16.1. The Morgan fingerprint density at radius 3 is 2.69 bits per heavy atom. The maximum atomic E-state index is 11.5. The largest absolute Gasteiger partial charge is 0.353 e. The second-order valence-corrected chi connectivity index (χ2v) is 3.58. The van der Waals surface area contributed by atoms with Gasteiger partial charge in [-0.2, -0.15) is 5.10 Å². The number of aromatic nitrogens is 3. The molecule has 3 rings (SSSR count). The molecule has 0 aliphatic rings. The zero-order valence-corrected chi connectivity index (χ0v) is 8.40. The maximum absolute atomic E-state index is 11.5. The van der Waals surface area contributed by atoms with E-state index in [4.69, 9.17) is 0 Å². The van der Waals surface area contributed by atoms with E-state index in [2.05, 4.69) is 15.2 Å². The van der Waals surface area contributed by atoms with Gasteiger partial charge in [0.15, 0.2) is 0 Å². The quantitative estimate of drug-likeness (QED) is 0.646. The Hall–Kier alpha value is -2.36. The fourth-order valence-corrected chi connectivity index (χ4v) is 1.75. The van der Waals surface area contributed by atoms with Gasteiger partial charge in [-0.05, 0) is 11.6 Å². The first kappa shape index (κ1) is 8.91. The van der Waals surface area contributed by atoms with Gasteiger partial charge in [-0.1, -0.05) is 30.3 Å². The van der Waals surface area contributed by atoms with Crippen molar-refractivity contribution < 1.29 is 0 Å². The molecule has 78 valence electrons. The first-order valence-electron chi connectivity index (χ1n) is 4.96. The number of rotatable bonds is 1. The highest BCUT2D eigenvalue weighted by Crippen LogP contribution is 2.20. The van der Waals surface area contributed by atoms with Crippen molar-refractivity contribution in [3.63, 3.8) is 0 Å². The minimum atomic E-state index is -0.170. The summed E-state index contributed by atoms with van der Waals surface area (Å²) in [5.41, 5.74) is 2.56. The Morgan fingerprint density at radius 1 is 1.12 bits per heavy atom. The zero-order valence-electron chi connectivity index (χ0n) is 8.40. The summed E-state index contributed by atoms with van der Waals surface area (Å²) in [4.78, 5) is 14.7. The third kappa shape index (κ3) is 1.32. The number of hydrogen-bond acceptors (Lipinski definition) is 2. The van der Waals surface area contributed by atoms with Gasteiger partial charge in [0.25, 0.3) is 5.56 Å². The molecule has 4 heteroatoms. The van der Waals surface area contributed by atoms with Crippen LogP contribution in [0, 0.1) is 0 Å². The van der Waals surface area contributed by atoms with Gasteiger partial charge in [-0.25, -0.2) is 5.10 Å². The summed E-state index contributed by atoms with van der Waals surface area (Å²) in [6, 6.07) is 11.7. The minimum Gasteiger partial charge on any atom is -0.353 e. The molecule has 1 aromatic carbocycles. The first-order chi connectivity index (χ1) is 7.84. The van der Waals surface area contributed by atoms with Gasteiger partial charge in [-0.3, -0.25) is 4.79 Å². The highest BCUT2D eigenvalue weighted by molar-refractivity contribution is 5.84. The second kappa shape index (κ2) is 3.34. The van der Waals surface area contributed by atoms with Crippen molar-refractivity contribution in [1.29, 1.82) is 0 Å². The van der Waals surface area contributed by atoms with Crippen LogP contribution in [0.15, 0.2) is 47.4 Å². The molecule has 0 spiro atoms. The van der Waals surface area contributed by atoms with Crippen LogP contribution >= 0.6 is 0 Å². The van der Waals surface area contributed by atoms with Crippen molar-refractivity contribution in [3.8, 4) is 11.3 Å². The van der Waals surface area contributed by atoms with E-state index < -0.39 is 0 Å². The minimum absolute atomic E-state index is 0.170. The number of benzene rings is 1. The average molecular weight is 211 g/mol. The van der Waals surface area contributed by atoms with Crippen LogP contribution in [0.3, 0.4) is 0 Å². The number of nitrogens with zero attached hydrogens (tertiary/aromatic N) is 1. The number of hydrogen-bond donors (Lipinski definition) is 2. The van der Waals surface area contributed by atoms with E-state index in [-0.39, 0.29) is 5.56 Å². The summed E-state index contributed by atoms with van der Waals surface area (Å²) < 4.78 is 0. The summed E-state index contributed by atoms with van der Waals surface area (Å²) in [5, 5.41) is 6.80. The molecule has 3 aromatic rings. The van der Waals surface area contributed by atoms with Crippen LogP contribution < -0.4 is 5.56 Å². The van der Waals surface area contributed by atoms with Gasteiger partial charge < -0.3 is 4.98 Å². The molecule has 16 heavy (non-hydrogen) atoms. The van der Waals surface area contributed by atoms with Gasteiger partial charge in [0, 0.05) is 5.69 Å². The third-order valence-corrected chi connectivity index (χ3v) is 2.54. The smallest absolute Gasteiger partial charge is 0.273 e. The van der Waals surface area contributed by atoms with Crippen LogP contribution in [0.2, 0.25) is 0 Å². The van der Waals surface area contributed by atoms with E-state index in [0.29, 0.717) is 5.39 Å². The monoisotopic (exact) mass is 211 g/mol. The zero-order chi connectivity index (χ0) is 11.0. The van der Waals surface area contributed by atoms with Crippen LogP contribution in [-0.2, 0) is 0 Å². The van der Waals surface area contributed by atoms with Crippen LogP contribution in [0.1, 0.15) is 0 Å². The predicted molar refractivity (Wildman–Crippen MR) is 62.2 cm³/mol. The van der Waals surface area contributed by atoms with Crippen molar-refractivity contribution in [2.75, 3.05) is 0 Å². The van der Waals surface area contributed by atoms with E-state index in [1.807, 2.05) is 36.4 Å². The van der Waals surface area contributed by atoms with Gasteiger partial charge in [0.1, 0.15) is 0 Å². The van der Waals surface area contributed by atoms with E-state index in [9.17, 15) is 4.79 Å². The molecular formula is C12H9N3O. The fraction of sp³-hybridized carbons (Fsp3) is 0. The fourth-order valence-electron chi connectivity index (χ4n) is 1.75. The number of H-pyrrole nitrogens is 2. The Balaban J connectivity index is 2.28. The molecule has 0 bridgehead atoms. The van der Waals surface area contributed by atoms with Crippen molar-refractivity contribution in [3.05, 3.63) is 52.9 Å². The van der Waals surface area contributed by atoms with Gasteiger partial charge in [0.05, 0.1) is 17.1 Å².